The molecule has 166 valence electrons. The van der Waals surface area contributed by atoms with E-state index >= 15 is 0 Å². The SMILES string of the molecule is CCNC(=NCc1ccc(F)c(CN(C)C)c1)N1CCN(CC(=O)NC2CC2)CC1. The fourth-order valence-electron chi connectivity index (χ4n) is 3.60. The maximum absolute atomic E-state index is 14.0. The van der Waals surface area contributed by atoms with Gasteiger partial charge in [-0.2, -0.15) is 0 Å². The molecule has 3 rings (SSSR count). The zero-order chi connectivity index (χ0) is 21.5. The van der Waals surface area contributed by atoms with E-state index in [2.05, 4.69) is 27.4 Å². The van der Waals surface area contributed by atoms with E-state index in [9.17, 15) is 9.18 Å². The molecule has 0 radical (unpaired) electrons. The lowest BCUT2D eigenvalue weighted by molar-refractivity contribution is -0.122. The van der Waals surface area contributed by atoms with Gasteiger partial charge in [-0.05, 0) is 51.6 Å². The fraction of sp³-hybridized carbons (Fsp3) is 0.636. The van der Waals surface area contributed by atoms with Gasteiger partial charge in [0.1, 0.15) is 5.82 Å². The van der Waals surface area contributed by atoms with Crippen LogP contribution in [-0.2, 0) is 17.9 Å². The van der Waals surface area contributed by atoms with Crippen molar-refractivity contribution in [3.63, 3.8) is 0 Å². The monoisotopic (exact) mass is 418 g/mol. The Morgan fingerprint density at radius 1 is 1.23 bits per heavy atom. The summed E-state index contributed by atoms with van der Waals surface area (Å²) >= 11 is 0. The summed E-state index contributed by atoms with van der Waals surface area (Å²) in [6, 6.07) is 5.65. The summed E-state index contributed by atoms with van der Waals surface area (Å²) in [5, 5.41) is 6.42. The van der Waals surface area contributed by atoms with Crippen LogP contribution in [0.2, 0.25) is 0 Å². The molecule has 0 atom stereocenters. The first kappa shape index (κ1) is 22.5. The molecule has 2 N–H and O–H groups in total. The molecule has 1 heterocycles. The van der Waals surface area contributed by atoms with E-state index in [-0.39, 0.29) is 11.7 Å². The predicted octanol–water partition coefficient (Wildman–Crippen LogP) is 1.25. The Hall–Kier alpha value is -2.19. The topological polar surface area (TPSA) is 63.2 Å². The number of nitrogens with zero attached hydrogens (tertiary/aromatic N) is 4. The van der Waals surface area contributed by atoms with E-state index in [1.54, 1.807) is 6.07 Å². The van der Waals surface area contributed by atoms with Crippen LogP contribution in [-0.4, -0.2) is 86.0 Å². The van der Waals surface area contributed by atoms with Gasteiger partial charge >= 0.3 is 0 Å². The molecule has 0 bridgehead atoms. The first-order chi connectivity index (χ1) is 14.4. The van der Waals surface area contributed by atoms with Gasteiger partial charge in [-0.15, -0.1) is 0 Å². The van der Waals surface area contributed by atoms with Crippen molar-refractivity contribution in [1.29, 1.82) is 0 Å². The molecule has 30 heavy (non-hydrogen) atoms. The second-order valence-electron chi connectivity index (χ2n) is 8.44. The standard InChI is InChI=1S/C22H35FN6O/c1-4-24-22(25-14-17-5-8-20(23)18(13-17)15-27(2)3)29-11-9-28(10-12-29)16-21(30)26-19-6-7-19/h5,8,13,19H,4,6-7,9-12,14-16H2,1-3H3,(H,24,25)(H,26,30). The highest BCUT2D eigenvalue weighted by Crippen LogP contribution is 2.18. The van der Waals surface area contributed by atoms with Gasteiger partial charge in [-0.25, -0.2) is 9.38 Å². The Balaban J connectivity index is 1.55. The number of hydrogen-bond donors (Lipinski definition) is 2. The number of amides is 1. The molecular weight excluding hydrogens is 383 g/mol. The van der Waals surface area contributed by atoms with Crippen molar-refractivity contribution in [2.24, 2.45) is 4.99 Å². The van der Waals surface area contributed by atoms with Crippen molar-refractivity contribution < 1.29 is 9.18 Å². The lowest BCUT2D eigenvalue weighted by Crippen LogP contribution is -2.54. The summed E-state index contributed by atoms with van der Waals surface area (Å²) < 4.78 is 14.0. The zero-order valence-corrected chi connectivity index (χ0v) is 18.5. The van der Waals surface area contributed by atoms with Gasteiger partial charge in [0.25, 0.3) is 0 Å². The van der Waals surface area contributed by atoms with Crippen LogP contribution in [0.1, 0.15) is 30.9 Å². The van der Waals surface area contributed by atoms with Crippen LogP contribution in [0.25, 0.3) is 0 Å². The minimum Gasteiger partial charge on any atom is -0.357 e. The quantitative estimate of drug-likeness (QED) is 0.492. The number of carbonyl (C=O) groups excluding carboxylic acids is 1. The summed E-state index contributed by atoms with van der Waals surface area (Å²) in [4.78, 5) is 23.2. The average molecular weight is 419 g/mol. The average Bonchev–Trinajstić information content (AvgIpc) is 3.51. The first-order valence-electron chi connectivity index (χ1n) is 10.9. The largest absolute Gasteiger partial charge is 0.357 e. The highest BCUT2D eigenvalue weighted by atomic mass is 19.1. The van der Waals surface area contributed by atoms with E-state index in [1.165, 1.54) is 6.07 Å². The summed E-state index contributed by atoms with van der Waals surface area (Å²) in [5.74, 6) is 0.833. The number of rotatable bonds is 8. The minimum absolute atomic E-state index is 0.136. The van der Waals surface area contributed by atoms with Crippen molar-refractivity contribution in [3.05, 3.63) is 35.1 Å². The first-order valence-corrected chi connectivity index (χ1v) is 10.9. The van der Waals surface area contributed by atoms with Gasteiger partial charge in [0, 0.05) is 50.9 Å². The molecule has 1 amide bonds. The van der Waals surface area contributed by atoms with Crippen molar-refractivity contribution in [2.75, 3.05) is 53.4 Å². The second-order valence-corrected chi connectivity index (χ2v) is 8.44. The van der Waals surface area contributed by atoms with Crippen LogP contribution >= 0.6 is 0 Å². The Morgan fingerprint density at radius 3 is 2.60 bits per heavy atom. The van der Waals surface area contributed by atoms with Gasteiger partial charge in [-0.1, -0.05) is 6.07 Å². The molecule has 2 fully saturated rings. The van der Waals surface area contributed by atoms with Gasteiger partial charge < -0.3 is 20.4 Å². The number of piperazine rings is 1. The molecule has 8 heteroatoms. The van der Waals surface area contributed by atoms with Gasteiger partial charge in [-0.3, -0.25) is 9.69 Å². The number of benzene rings is 1. The minimum atomic E-state index is -0.176. The third kappa shape index (κ3) is 6.95. The Bertz CT molecular complexity index is 741. The van der Waals surface area contributed by atoms with E-state index < -0.39 is 0 Å². The van der Waals surface area contributed by atoms with E-state index in [1.807, 2.05) is 25.1 Å². The van der Waals surface area contributed by atoms with Crippen molar-refractivity contribution in [3.8, 4) is 0 Å². The molecule has 1 aliphatic heterocycles. The Morgan fingerprint density at radius 2 is 1.97 bits per heavy atom. The summed E-state index contributed by atoms with van der Waals surface area (Å²) in [6.07, 6.45) is 2.24. The molecule has 1 aliphatic carbocycles. The number of aliphatic imine (C=N–C) groups is 1. The van der Waals surface area contributed by atoms with Gasteiger partial charge in [0.15, 0.2) is 5.96 Å². The smallest absolute Gasteiger partial charge is 0.234 e. The number of halogens is 1. The predicted molar refractivity (Wildman–Crippen MR) is 118 cm³/mol. The molecule has 1 saturated heterocycles. The fourth-order valence-corrected chi connectivity index (χ4v) is 3.60. The molecule has 1 aromatic carbocycles. The third-order valence-corrected chi connectivity index (χ3v) is 5.32. The van der Waals surface area contributed by atoms with E-state index in [0.717, 1.165) is 57.1 Å². The van der Waals surface area contributed by atoms with E-state index in [0.29, 0.717) is 31.2 Å². The summed E-state index contributed by atoms with van der Waals surface area (Å²) in [7, 11) is 3.87. The van der Waals surface area contributed by atoms with Crippen LogP contribution in [0.5, 0.6) is 0 Å². The summed E-state index contributed by atoms with van der Waals surface area (Å²) in [5.41, 5.74) is 1.69. The van der Waals surface area contributed by atoms with Crippen LogP contribution in [0.4, 0.5) is 4.39 Å². The van der Waals surface area contributed by atoms with Crippen LogP contribution in [0.3, 0.4) is 0 Å². The number of nitrogens with one attached hydrogen (secondary N) is 2. The Kier molecular flexibility index (Phi) is 8.04. The van der Waals surface area contributed by atoms with Crippen molar-refractivity contribution in [1.82, 2.24) is 25.3 Å². The van der Waals surface area contributed by atoms with E-state index in [4.69, 9.17) is 4.99 Å². The van der Waals surface area contributed by atoms with Gasteiger partial charge in [0.2, 0.25) is 5.91 Å². The normalized spacial score (nSPS) is 18.0. The lowest BCUT2D eigenvalue weighted by Gasteiger charge is -2.36. The zero-order valence-electron chi connectivity index (χ0n) is 18.5. The molecule has 1 saturated carbocycles. The maximum atomic E-state index is 14.0. The molecular formula is C22H35FN6O. The molecule has 0 unspecified atom stereocenters. The molecule has 2 aliphatic rings. The number of carbonyl (C=O) groups is 1. The third-order valence-electron chi connectivity index (χ3n) is 5.32. The van der Waals surface area contributed by atoms with Crippen LogP contribution < -0.4 is 10.6 Å². The van der Waals surface area contributed by atoms with Crippen LogP contribution in [0, 0.1) is 5.82 Å². The second kappa shape index (κ2) is 10.7. The number of hydrogen-bond acceptors (Lipinski definition) is 4. The molecule has 7 nitrogen and oxygen atoms in total. The lowest BCUT2D eigenvalue weighted by atomic mass is 10.1. The van der Waals surface area contributed by atoms with Gasteiger partial charge in [0.05, 0.1) is 13.1 Å². The van der Waals surface area contributed by atoms with Crippen molar-refractivity contribution in [2.45, 2.75) is 38.9 Å². The highest BCUT2D eigenvalue weighted by Gasteiger charge is 2.25. The Labute approximate surface area is 179 Å². The van der Waals surface area contributed by atoms with Crippen LogP contribution in [0.15, 0.2) is 23.2 Å². The molecule has 0 spiro atoms. The molecule has 0 aromatic heterocycles. The van der Waals surface area contributed by atoms with Crippen molar-refractivity contribution >= 4 is 11.9 Å². The maximum Gasteiger partial charge on any atom is 0.234 e. The highest BCUT2D eigenvalue weighted by molar-refractivity contribution is 5.80. The summed E-state index contributed by atoms with van der Waals surface area (Å²) in [6.45, 7) is 7.74. The molecule has 1 aromatic rings. The number of guanidine groups is 1.